The van der Waals surface area contributed by atoms with Gasteiger partial charge in [-0.2, -0.15) is 0 Å². The second-order valence-corrected chi connectivity index (χ2v) is 9.29. The Bertz CT molecular complexity index is 1120. The van der Waals surface area contributed by atoms with Gasteiger partial charge >= 0.3 is 0 Å². The number of anilines is 2. The number of fused-ring (bicyclic) bond motifs is 3. The van der Waals surface area contributed by atoms with Crippen molar-refractivity contribution in [1.29, 1.82) is 0 Å². The van der Waals surface area contributed by atoms with Gasteiger partial charge in [0.25, 0.3) is 0 Å². The molecule has 2 aromatic heterocycles. The predicted octanol–water partition coefficient (Wildman–Crippen LogP) is 4.27. The highest BCUT2D eigenvalue weighted by molar-refractivity contribution is 6.09. The van der Waals surface area contributed by atoms with Crippen LogP contribution in [-0.2, 0) is 29.6 Å². The van der Waals surface area contributed by atoms with Crippen LogP contribution in [0.3, 0.4) is 0 Å². The topological polar surface area (TPSA) is 58.1 Å². The first-order chi connectivity index (χ1) is 14.4. The van der Waals surface area contributed by atoms with E-state index in [4.69, 9.17) is 4.98 Å². The van der Waals surface area contributed by atoms with Gasteiger partial charge in [0.15, 0.2) is 0 Å². The maximum atomic E-state index is 13.7. The maximum absolute atomic E-state index is 13.7. The van der Waals surface area contributed by atoms with Crippen LogP contribution < -0.4 is 10.2 Å². The van der Waals surface area contributed by atoms with Crippen molar-refractivity contribution in [2.24, 2.45) is 0 Å². The van der Waals surface area contributed by atoms with Gasteiger partial charge in [-0.05, 0) is 50.5 Å². The fraction of sp³-hybridized carbons (Fsp3) is 0.320. The Morgan fingerprint density at radius 3 is 2.63 bits per heavy atom. The molecule has 152 valence electrons. The summed E-state index contributed by atoms with van der Waals surface area (Å²) in [5.41, 5.74) is 4.48. The van der Waals surface area contributed by atoms with Crippen LogP contribution in [-0.4, -0.2) is 21.4 Å². The van der Waals surface area contributed by atoms with Gasteiger partial charge in [0.2, 0.25) is 5.91 Å². The van der Waals surface area contributed by atoms with E-state index in [0.717, 1.165) is 34.9 Å². The Balaban J connectivity index is 1.46. The van der Waals surface area contributed by atoms with Crippen LogP contribution in [0.2, 0.25) is 0 Å². The molecule has 1 aliphatic heterocycles. The number of carbonyl (C=O) groups is 1. The molecule has 5 heteroatoms. The van der Waals surface area contributed by atoms with Gasteiger partial charge in [-0.15, -0.1) is 0 Å². The fourth-order valence-electron chi connectivity index (χ4n) is 4.76. The molecule has 5 nitrogen and oxygen atoms in total. The van der Waals surface area contributed by atoms with Crippen molar-refractivity contribution in [2.45, 2.75) is 51.1 Å². The van der Waals surface area contributed by atoms with E-state index in [0.29, 0.717) is 12.8 Å². The minimum atomic E-state index is -0.593. The Labute approximate surface area is 177 Å². The molecule has 0 radical (unpaired) electrons. The van der Waals surface area contributed by atoms with E-state index in [9.17, 15) is 4.79 Å². The lowest BCUT2D eigenvalue weighted by molar-refractivity contribution is -0.123. The third-order valence-electron chi connectivity index (χ3n) is 6.16. The van der Waals surface area contributed by atoms with E-state index < -0.39 is 5.41 Å². The van der Waals surface area contributed by atoms with E-state index >= 15 is 0 Å². The quantitative estimate of drug-likeness (QED) is 0.716. The Kier molecular flexibility index (Phi) is 4.17. The Hall–Kier alpha value is -3.21. The van der Waals surface area contributed by atoms with Crippen molar-refractivity contribution in [3.8, 4) is 0 Å². The SMILES string of the molecule is CC(C)(C)N1C(=O)C2(Cc3cc(NCc4ccccc4)cnc3C2)c2cccnc21. The lowest BCUT2D eigenvalue weighted by atomic mass is 9.79. The summed E-state index contributed by atoms with van der Waals surface area (Å²) in [5.74, 6) is 0.936. The summed E-state index contributed by atoms with van der Waals surface area (Å²) in [6.45, 7) is 6.94. The molecular weight excluding hydrogens is 372 g/mol. The van der Waals surface area contributed by atoms with Crippen LogP contribution in [0.5, 0.6) is 0 Å². The van der Waals surface area contributed by atoms with E-state index in [1.54, 1.807) is 6.20 Å². The highest BCUT2D eigenvalue weighted by atomic mass is 16.2. The molecule has 1 N–H and O–H groups in total. The normalized spacial score (nSPS) is 19.8. The van der Waals surface area contributed by atoms with Crippen molar-refractivity contribution < 1.29 is 4.79 Å². The highest BCUT2D eigenvalue weighted by Crippen LogP contribution is 2.50. The first-order valence-electron chi connectivity index (χ1n) is 10.4. The van der Waals surface area contributed by atoms with Crippen molar-refractivity contribution in [2.75, 3.05) is 10.2 Å². The molecule has 1 unspecified atom stereocenters. The highest BCUT2D eigenvalue weighted by Gasteiger charge is 2.57. The van der Waals surface area contributed by atoms with E-state index in [1.807, 2.05) is 35.4 Å². The zero-order chi connectivity index (χ0) is 20.9. The number of hydrogen-bond acceptors (Lipinski definition) is 4. The average molecular weight is 399 g/mol. The van der Waals surface area contributed by atoms with Crippen molar-refractivity contribution in [1.82, 2.24) is 9.97 Å². The van der Waals surface area contributed by atoms with Crippen LogP contribution >= 0.6 is 0 Å². The monoisotopic (exact) mass is 398 g/mol. The summed E-state index contributed by atoms with van der Waals surface area (Å²) in [7, 11) is 0. The van der Waals surface area contributed by atoms with Crippen molar-refractivity contribution in [3.63, 3.8) is 0 Å². The van der Waals surface area contributed by atoms with Gasteiger partial charge in [-0.1, -0.05) is 36.4 Å². The zero-order valence-electron chi connectivity index (χ0n) is 17.6. The molecule has 30 heavy (non-hydrogen) atoms. The van der Waals surface area contributed by atoms with Gasteiger partial charge in [0.05, 0.1) is 17.3 Å². The van der Waals surface area contributed by atoms with Crippen molar-refractivity contribution >= 4 is 17.4 Å². The number of benzene rings is 1. The third-order valence-corrected chi connectivity index (χ3v) is 6.16. The average Bonchev–Trinajstić information content (AvgIpc) is 3.23. The van der Waals surface area contributed by atoms with Crippen LogP contribution in [0, 0.1) is 0 Å². The van der Waals surface area contributed by atoms with Gasteiger partial charge < -0.3 is 5.32 Å². The Morgan fingerprint density at radius 1 is 1.07 bits per heavy atom. The fourth-order valence-corrected chi connectivity index (χ4v) is 4.76. The number of carbonyl (C=O) groups excluding carboxylic acids is 1. The standard InChI is InChI=1S/C25H26N4O/c1-24(2,3)29-22-20(10-7-11-26-22)25(23(29)30)13-18-12-19(16-28-21(18)14-25)27-15-17-8-5-4-6-9-17/h4-12,16,27H,13-15H2,1-3H3. The largest absolute Gasteiger partial charge is 0.380 e. The smallest absolute Gasteiger partial charge is 0.240 e. The summed E-state index contributed by atoms with van der Waals surface area (Å²) in [4.78, 5) is 24.9. The molecule has 2 aliphatic rings. The molecule has 0 saturated carbocycles. The number of rotatable bonds is 3. The molecule has 1 atom stereocenters. The lowest BCUT2D eigenvalue weighted by Crippen LogP contribution is -2.49. The molecule has 0 saturated heterocycles. The summed E-state index contributed by atoms with van der Waals surface area (Å²) < 4.78 is 0. The predicted molar refractivity (Wildman–Crippen MR) is 119 cm³/mol. The second kappa shape index (κ2) is 6.66. The van der Waals surface area contributed by atoms with E-state index in [2.05, 4.69) is 55.3 Å². The molecule has 1 aliphatic carbocycles. The third kappa shape index (κ3) is 2.88. The maximum Gasteiger partial charge on any atom is 0.240 e. The Morgan fingerprint density at radius 2 is 1.87 bits per heavy atom. The van der Waals surface area contributed by atoms with Crippen LogP contribution in [0.15, 0.2) is 60.9 Å². The van der Waals surface area contributed by atoms with Crippen LogP contribution in [0.25, 0.3) is 0 Å². The number of hydrogen-bond donors (Lipinski definition) is 1. The molecule has 5 rings (SSSR count). The first-order valence-corrected chi connectivity index (χ1v) is 10.4. The second-order valence-electron chi connectivity index (χ2n) is 9.29. The molecule has 1 amide bonds. The van der Waals surface area contributed by atoms with E-state index in [-0.39, 0.29) is 11.4 Å². The minimum Gasteiger partial charge on any atom is -0.380 e. The summed E-state index contributed by atoms with van der Waals surface area (Å²) >= 11 is 0. The number of nitrogens with zero attached hydrogens (tertiary/aromatic N) is 3. The number of amides is 1. The van der Waals surface area contributed by atoms with E-state index in [1.165, 1.54) is 5.56 Å². The molecule has 1 aromatic carbocycles. The van der Waals surface area contributed by atoms with Gasteiger partial charge in [-0.25, -0.2) is 4.98 Å². The summed E-state index contributed by atoms with van der Waals surface area (Å²) in [6, 6.07) is 16.5. The van der Waals surface area contributed by atoms with Gasteiger partial charge in [-0.3, -0.25) is 14.7 Å². The molecule has 3 aromatic rings. The summed E-state index contributed by atoms with van der Waals surface area (Å²) in [6.07, 6.45) is 4.95. The van der Waals surface area contributed by atoms with Gasteiger partial charge in [0, 0.05) is 36.0 Å². The van der Waals surface area contributed by atoms with Gasteiger partial charge in [0.1, 0.15) is 5.82 Å². The molecule has 1 spiro atoms. The number of nitrogens with one attached hydrogen (secondary N) is 1. The molecule has 0 bridgehead atoms. The summed E-state index contributed by atoms with van der Waals surface area (Å²) in [5, 5.41) is 3.46. The minimum absolute atomic E-state index is 0.139. The lowest BCUT2D eigenvalue weighted by Gasteiger charge is -2.33. The van der Waals surface area contributed by atoms with Crippen LogP contribution in [0.4, 0.5) is 11.5 Å². The number of aromatic nitrogens is 2. The molecule has 3 heterocycles. The molecular formula is C25H26N4O. The first kappa shape index (κ1) is 18.8. The van der Waals surface area contributed by atoms with Crippen LogP contribution in [0.1, 0.15) is 43.2 Å². The number of pyridine rings is 2. The zero-order valence-corrected chi connectivity index (χ0v) is 17.6. The van der Waals surface area contributed by atoms with Crippen molar-refractivity contribution in [3.05, 3.63) is 83.3 Å². The molecule has 0 fully saturated rings.